The second-order valence-electron chi connectivity index (χ2n) is 4.94. The number of alkyl halides is 1. The lowest BCUT2D eigenvalue weighted by atomic mass is 10.1. The van der Waals surface area contributed by atoms with Crippen molar-refractivity contribution in [3.8, 4) is 11.5 Å². The molecule has 2 unspecified atom stereocenters. The maximum absolute atomic E-state index is 12.1. The Kier molecular flexibility index (Phi) is 4.69. The lowest BCUT2D eigenvalue weighted by Gasteiger charge is -2.21. The number of carbonyl (C=O) groups excluding carboxylic acids is 1. The van der Waals surface area contributed by atoms with Gasteiger partial charge in [-0.25, -0.2) is 0 Å². The second kappa shape index (κ2) is 6.28. The number of hydrogen-bond donors (Lipinski definition) is 3. The number of benzene rings is 1. The van der Waals surface area contributed by atoms with Gasteiger partial charge in [0.25, 0.3) is 5.91 Å². The fraction of sp³-hybridized carbons (Fsp3) is 0.500. The maximum Gasteiger partial charge on any atom is 0.255 e. The molecule has 0 bridgehead atoms. The van der Waals surface area contributed by atoms with Crippen LogP contribution >= 0.6 is 15.9 Å². The Bertz CT molecular complexity index is 464. The first-order chi connectivity index (χ1) is 9.08. The highest BCUT2D eigenvalue weighted by Crippen LogP contribution is 2.26. The van der Waals surface area contributed by atoms with Crippen molar-refractivity contribution in [2.24, 2.45) is 0 Å². The number of rotatable bonds is 2. The number of nitrogens with one attached hydrogen (secondary N) is 1. The van der Waals surface area contributed by atoms with Crippen molar-refractivity contribution < 1.29 is 15.0 Å². The molecule has 1 aliphatic rings. The van der Waals surface area contributed by atoms with E-state index < -0.39 is 0 Å². The highest BCUT2D eigenvalue weighted by molar-refractivity contribution is 9.09. The second-order valence-corrected chi connectivity index (χ2v) is 6.11. The van der Waals surface area contributed by atoms with Crippen LogP contribution in [0.15, 0.2) is 18.2 Å². The average molecular weight is 328 g/mol. The Balaban J connectivity index is 2.09. The number of hydrogen-bond acceptors (Lipinski definition) is 3. The number of phenols is 2. The molecule has 2 atom stereocenters. The zero-order chi connectivity index (χ0) is 13.8. The van der Waals surface area contributed by atoms with E-state index in [1.54, 1.807) is 0 Å². The van der Waals surface area contributed by atoms with E-state index in [1.807, 2.05) is 0 Å². The largest absolute Gasteiger partial charge is 0.508 e. The van der Waals surface area contributed by atoms with E-state index in [1.165, 1.54) is 31.0 Å². The molecule has 0 heterocycles. The van der Waals surface area contributed by atoms with Gasteiger partial charge in [0.1, 0.15) is 11.5 Å². The molecule has 1 aromatic rings. The van der Waals surface area contributed by atoms with Crippen LogP contribution in [-0.2, 0) is 0 Å². The summed E-state index contributed by atoms with van der Waals surface area (Å²) in [7, 11) is 0. The molecule has 0 spiro atoms. The van der Waals surface area contributed by atoms with E-state index in [9.17, 15) is 15.0 Å². The SMILES string of the molecule is O=C(NC1CCCCCC1Br)c1cc(O)ccc1O. The molecule has 3 N–H and O–H groups in total. The van der Waals surface area contributed by atoms with E-state index in [4.69, 9.17) is 0 Å². The smallest absolute Gasteiger partial charge is 0.255 e. The van der Waals surface area contributed by atoms with Crippen molar-refractivity contribution in [2.75, 3.05) is 0 Å². The lowest BCUT2D eigenvalue weighted by Crippen LogP contribution is -2.40. The van der Waals surface area contributed by atoms with Crippen LogP contribution in [-0.4, -0.2) is 27.0 Å². The molecule has 4 nitrogen and oxygen atoms in total. The Labute approximate surface area is 121 Å². The first-order valence-corrected chi connectivity index (χ1v) is 7.46. The Morgan fingerprint density at radius 1 is 1.21 bits per heavy atom. The molecule has 1 saturated carbocycles. The molecular formula is C14H18BrNO3. The molecule has 0 radical (unpaired) electrons. The maximum atomic E-state index is 12.1. The quantitative estimate of drug-likeness (QED) is 0.444. The van der Waals surface area contributed by atoms with Crippen LogP contribution in [0, 0.1) is 0 Å². The summed E-state index contributed by atoms with van der Waals surface area (Å²) < 4.78 is 0. The number of amides is 1. The summed E-state index contributed by atoms with van der Waals surface area (Å²) in [6, 6.07) is 4.02. The number of phenolic OH excluding ortho intramolecular Hbond substituents is 2. The average Bonchev–Trinajstić information content (AvgIpc) is 2.58. The van der Waals surface area contributed by atoms with Crippen molar-refractivity contribution in [1.82, 2.24) is 5.32 Å². The Morgan fingerprint density at radius 2 is 1.95 bits per heavy atom. The summed E-state index contributed by atoms with van der Waals surface area (Å²) >= 11 is 3.61. The molecular weight excluding hydrogens is 310 g/mol. The van der Waals surface area contributed by atoms with Gasteiger partial charge in [0, 0.05) is 10.9 Å². The van der Waals surface area contributed by atoms with Crippen molar-refractivity contribution >= 4 is 21.8 Å². The van der Waals surface area contributed by atoms with E-state index in [-0.39, 0.29) is 33.8 Å². The van der Waals surface area contributed by atoms with Gasteiger partial charge >= 0.3 is 0 Å². The molecule has 0 aromatic heterocycles. The summed E-state index contributed by atoms with van der Waals surface area (Å²) in [6.07, 6.45) is 5.42. The van der Waals surface area contributed by atoms with Crippen LogP contribution in [0.4, 0.5) is 0 Å². The standard InChI is InChI=1S/C14H18BrNO3/c15-11-4-2-1-3-5-12(11)16-14(19)10-8-9(17)6-7-13(10)18/h6-8,11-12,17-18H,1-5H2,(H,16,19). The summed E-state index contributed by atoms with van der Waals surface area (Å²) in [5, 5.41) is 22.0. The predicted molar refractivity (Wildman–Crippen MR) is 76.8 cm³/mol. The van der Waals surface area contributed by atoms with Gasteiger partial charge in [-0.2, -0.15) is 0 Å². The summed E-state index contributed by atoms with van der Waals surface area (Å²) in [5.74, 6) is -0.487. The molecule has 0 saturated heterocycles. The Hall–Kier alpha value is -1.23. The normalized spacial score (nSPS) is 23.6. The van der Waals surface area contributed by atoms with E-state index >= 15 is 0 Å². The number of halogens is 1. The monoisotopic (exact) mass is 327 g/mol. The van der Waals surface area contributed by atoms with Crippen LogP contribution in [0.1, 0.15) is 42.5 Å². The minimum Gasteiger partial charge on any atom is -0.508 e. The van der Waals surface area contributed by atoms with Gasteiger partial charge in [-0.3, -0.25) is 4.79 Å². The molecule has 0 aliphatic heterocycles. The van der Waals surface area contributed by atoms with E-state index in [0.29, 0.717) is 0 Å². The zero-order valence-electron chi connectivity index (χ0n) is 10.6. The highest BCUT2D eigenvalue weighted by atomic mass is 79.9. The van der Waals surface area contributed by atoms with Crippen molar-refractivity contribution in [3.63, 3.8) is 0 Å². The van der Waals surface area contributed by atoms with Gasteiger partial charge in [-0.1, -0.05) is 35.2 Å². The van der Waals surface area contributed by atoms with Crippen LogP contribution < -0.4 is 5.32 Å². The molecule has 5 heteroatoms. The summed E-state index contributed by atoms with van der Waals surface area (Å²) in [6.45, 7) is 0. The first kappa shape index (κ1) is 14.2. The van der Waals surface area contributed by atoms with Crippen molar-refractivity contribution in [2.45, 2.75) is 43.0 Å². The summed E-state index contributed by atoms with van der Waals surface area (Å²) in [5.41, 5.74) is 0.115. The number of aromatic hydroxyl groups is 2. The molecule has 104 valence electrons. The predicted octanol–water partition coefficient (Wildman–Crippen LogP) is 2.92. The molecule has 1 fully saturated rings. The third kappa shape index (κ3) is 3.62. The summed E-state index contributed by atoms with van der Waals surface area (Å²) in [4.78, 5) is 12.4. The van der Waals surface area contributed by atoms with Crippen LogP contribution in [0.25, 0.3) is 0 Å². The van der Waals surface area contributed by atoms with Gasteiger partial charge in [0.05, 0.1) is 5.56 Å². The van der Waals surface area contributed by atoms with Gasteiger partial charge in [-0.05, 0) is 31.0 Å². The fourth-order valence-corrected chi connectivity index (χ4v) is 3.10. The fourth-order valence-electron chi connectivity index (χ4n) is 2.38. The first-order valence-electron chi connectivity index (χ1n) is 6.55. The van der Waals surface area contributed by atoms with E-state index in [2.05, 4.69) is 21.2 Å². The third-order valence-corrected chi connectivity index (χ3v) is 4.57. The third-order valence-electron chi connectivity index (χ3n) is 3.47. The zero-order valence-corrected chi connectivity index (χ0v) is 12.2. The van der Waals surface area contributed by atoms with Crippen LogP contribution in [0.2, 0.25) is 0 Å². The molecule has 1 aromatic carbocycles. The van der Waals surface area contributed by atoms with Crippen molar-refractivity contribution in [3.05, 3.63) is 23.8 Å². The molecule has 19 heavy (non-hydrogen) atoms. The minimum atomic E-state index is -0.343. The topological polar surface area (TPSA) is 69.6 Å². The minimum absolute atomic E-state index is 0.0285. The van der Waals surface area contributed by atoms with Gasteiger partial charge < -0.3 is 15.5 Å². The number of carbonyl (C=O) groups is 1. The molecule has 2 rings (SSSR count). The van der Waals surface area contributed by atoms with Crippen LogP contribution in [0.3, 0.4) is 0 Å². The van der Waals surface area contributed by atoms with Gasteiger partial charge in [-0.15, -0.1) is 0 Å². The van der Waals surface area contributed by atoms with Crippen LogP contribution in [0.5, 0.6) is 11.5 Å². The van der Waals surface area contributed by atoms with Crippen molar-refractivity contribution in [1.29, 1.82) is 0 Å². The van der Waals surface area contributed by atoms with Gasteiger partial charge in [0.2, 0.25) is 0 Å². The molecule has 1 aliphatic carbocycles. The molecule has 1 amide bonds. The Morgan fingerprint density at radius 3 is 2.74 bits per heavy atom. The van der Waals surface area contributed by atoms with Gasteiger partial charge in [0.15, 0.2) is 0 Å². The van der Waals surface area contributed by atoms with E-state index in [0.717, 1.165) is 19.3 Å². The lowest BCUT2D eigenvalue weighted by molar-refractivity contribution is 0.0931. The highest BCUT2D eigenvalue weighted by Gasteiger charge is 2.24.